The molecule has 4 aliphatic heterocycles. The van der Waals surface area contributed by atoms with Gasteiger partial charge in [0.1, 0.15) is 45.4 Å². The van der Waals surface area contributed by atoms with Crippen LogP contribution in [0.15, 0.2) is 0 Å². The Hall–Kier alpha value is -0.0600. The van der Waals surface area contributed by atoms with E-state index >= 15 is 0 Å². The Morgan fingerprint density at radius 2 is 0.690 bits per heavy atom. The molecule has 4 unspecified atom stereocenters. The Balaban J connectivity index is 1.80. The van der Waals surface area contributed by atoms with Crippen molar-refractivity contribution in [1.82, 2.24) is 0 Å². The van der Waals surface area contributed by atoms with Gasteiger partial charge in [-0.3, -0.25) is 44.0 Å². The van der Waals surface area contributed by atoms with Gasteiger partial charge in [-0.05, 0) is 34.6 Å². The van der Waals surface area contributed by atoms with Crippen molar-refractivity contribution in [1.29, 1.82) is 0 Å². The Labute approximate surface area is 244 Å². The van der Waals surface area contributed by atoms with Gasteiger partial charge in [-0.2, -0.15) is 33.7 Å². The highest BCUT2D eigenvalue weighted by molar-refractivity contribution is 7.88. The number of rotatable bonds is 10. The second-order valence-electron chi connectivity index (χ2n) is 11.7. The summed E-state index contributed by atoms with van der Waals surface area (Å²) in [5.74, 6) is -3.31. The van der Waals surface area contributed by atoms with Gasteiger partial charge in [0.15, 0.2) is 5.40 Å². The molecule has 0 aromatic heterocycles. The van der Waals surface area contributed by atoms with E-state index in [1.807, 2.05) is 0 Å². The average molecular weight is 727 g/mol. The first-order valence-corrected chi connectivity index (χ1v) is 21.7. The van der Waals surface area contributed by atoms with Gasteiger partial charge in [0.25, 0.3) is 40.5 Å². The predicted molar refractivity (Wildman–Crippen MR) is 142 cm³/mol. The zero-order chi connectivity index (χ0) is 31.9. The fourth-order valence-electron chi connectivity index (χ4n) is 4.64. The first kappa shape index (κ1) is 34.8. The second-order valence-corrected chi connectivity index (χ2v) is 23.1. The van der Waals surface area contributed by atoms with Crippen molar-refractivity contribution in [3.63, 3.8) is 0 Å². The summed E-state index contributed by atoms with van der Waals surface area (Å²) in [5.41, 5.74) is -7.52. The van der Waals surface area contributed by atoms with Crippen LogP contribution in [0.5, 0.6) is 0 Å². The molecule has 0 N–H and O–H groups in total. The van der Waals surface area contributed by atoms with Crippen LogP contribution in [0.25, 0.3) is 0 Å². The zero-order valence-corrected chi connectivity index (χ0v) is 28.2. The molecule has 0 aromatic carbocycles. The van der Waals surface area contributed by atoms with E-state index in [4.69, 9.17) is 34.8 Å². The van der Waals surface area contributed by atoms with Crippen molar-refractivity contribution in [3.8, 4) is 0 Å². The molecule has 24 heteroatoms. The van der Waals surface area contributed by atoms with E-state index < -0.39 is 133 Å². The molecule has 4 atom stereocenters. The highest BCUT2D eigenvalue weighted by Gasteiger charge is 2.62. The van der Waals surface area contributed by atoms with Crippen molar-refractivity contribution in [2.24, 2.45) is 0 Å². The van der Waals surface area contributed by atoms with Gasteiger partial charge < -0.3 is 0 Å². The van der Waals surface area contributed by atoms with E-state index in [2.05, 4.69) is 0 Å². The van der Waals surface area contributed by atoms with Gasteiger partial charge in [0.05, 0.1) is 26.4 Å². The summed E-state index contributed by atoms with van der Waals surface area (Å²) in [6.07, 6.45) is 0. The minimum absolute atomic E-state index is 0.652. The molecular weight excluding hydrogens is 694 g/mol. The normalized spacial score (nSPS) is 42.1. The van der Waals surface area contributed by atoms with E-state index in [0.29, 0.717) is 0 Å². The monoisotopic (exact) mass is 726 g/mol. The molecule has 18 nitrogen and oxygen atoms in total. The van der Waals surface area contributed by atoms with Crippen molar-refractivity contribution in [2.75, 3.05) is 49.4 Å². The van der Waals surface area contributed by atoms with Crippen molar-refractivity contribution in [3.05, 3.63) is 0 Å². The molecule has 0 aromatic rings. The van der Waals surface area contributed by atoms with Gasteiger partial charge in [0.2, 0.25) is 0 Å². The lowest BCUT2D eigenvalue weighted by molar-refractivity contribution is 0.00448. The van der Waals surface area contributed by atoms with Crippen LogP contribution in [0.1, 0.15) is 34.6 Å². The quantitative estimate of drug-likeness (QED) is 0.216. The Kier molecular flexibility index (Phi) is 8.69. The van der Waals surface area contributed by atoms with Crippen LogP contribution in [0, 0.1) is 0 Å². The molecule has 0 amide bonds. The van der Waals surface area contributed by atoms with Gasteiger partial charge in [-0.15, -0.1) is 0 Å². The Bertz CT molecular complexity index is 1420. The lowest BCUT2D eigenvalue weighted by Gasteiger charge is -2.40. The van der Waals surface area contributed by atoms with Crippen LogP contribution in [-0.4, -0.2) is 111 Å². The van der Waals surface area contributed by atoms with Crippen LogP contribution < -0.4 is 0 Å². The van der Waals surface area contributed by atoms with Crippen molar-refractivity contribution in [2.45, 2.75) is 62.4 Å². The van der Waals surface area contributed by atoms with Crippen LogP contribution >= 0.6 is 15.2 Å². The molecule has 0 aliphatic carbocycles. The first-order chi connectivity index (χ1) is 18.6. The van der Waals surface area contributed by atoms with Crippen LogP contribution in [0.4, 0.5) is 0 Å². The van der Waals surface area contributed by atoms with E-state index in [1.54, 1.807) is 0 Å². The topological polar surface area (TPSA) is 245 Å². The molecular formula is C18H32O18P2S4. The molecule has 4 fully saturated rings. The molecule has 4 saturated heterocycles. The Morgan fingerprint density at radius 3 is 0.833 bits per heavy atom. The third-order valence-electron chi connectivity index (χ3n) is 6.41. The third-order valence-corrected chi connectivity index (χ3v) is 18.5. The molecule has 0 spiro atoms. The molecule has 246 valence electrons. The minimum atomic E-state index is -5.09. The number of hydrogen-bond acceptors (Lipinski definition) is 18. The van der Waals surface area contributed by atoms with Crippen molar-refractivity contribution < 1.29 is 77.6 Å². The predicted octanol–water partition coefficient (Wildman–Crippen LogP) is 0.260. The SMILES string of the molecule is CC(P(=O)(OC1(C)COS(=O)(=O)C1)OC1(C)COS(=O)(=O)C1)P(=O)(OC1(C)COS(=O)(=O)C1)OC1(C)COS(=O)(=O)C1. The summed E-state index contributed by atoms with van der Waals surface area (Å²) < 4.78 is 168. The maximum atomic E-state index is 14.7. The summed E-state index contributed by atoms with van der Waals surface area (Å²) in [7, 11) is -26.8. The van der Waals surface area contributed by atoms with Crippen LogP contribution in [0.3, 0.4) is 0 Å². The van der Waals surface area contributed by atoms with Crippen LogP contribution in [-0.2, 0) is 84.4 Å². The molecule has 42 heavy (non-hydrogen) atoms. The summed E-state index contributed by atoms with van der Waals surface area (Å²) in [6, 6.07) is 0. The number of hydrogen-bond donors (Lipinski definition) is 0. The van der Waals surface area contributed by atoms with Gasteiger partial charge in [-0.25, -0.2) is 0 Å². The van der Waals surface area contributed by atoms with Gasteiger partial charge >= 0.3 is 15.2 Å². The first-order valence-electron chi connectivity index (χ1n) is 12.1. The molecule has 0 bridgehead atoms. The molecule has 0 radical (unpaired) electrons. The smallest absolute Gasteiger partial charge is 0.298 e. The second kappa shape index (κ2) is 10.5. The van der Waals surface area contributed by atoms with Crippen molar-refractivity contribution >= 4 is 55.7 Å². The lowest BCUT2D eigenvalue weighted by atomic mass is 10.2. The van der Waals surface area contributed by atoms with E-state index in [1.165, 1.54) is 27.7 Å². The minimum Gasteiger partial charge on any atom is -0.298 e. The molecule has 0 saturated carbocycles. The molecule has 4 heterocycles. The molecule has 4 rings (SSSR count). The van der Waals surface area contributed by atoms with E-state index in [9.17, 15) is 42.8 Å². The van der Waals surface area contributed by atoms with E-state index in [-0.39, 0.29) is 0 Å². The van der Waals surface area contributed by atoms with E-state index in [0.717, 1.165) is 6.92 Å². The van der Waals surface area contributed by atoms with Crippen LogP contribution in [0.2, 0.25) is 0 Å². The maximum Gasteiger partial charge on any atom is 0.346 e. The third kappa shape index (κ3) is 7.83. The fourth-order valence-corrected chi connectivity index (χ4v) is 16.2. The molecule has 4 aliphatic rings. The zero-order valence-electron chi connectivity index (χ0n) is 23.1. The largest absolute Gasteiger partial charge is 0.346 e. The average Bonchev–Trinajstić information content (AvgIpc) is 3.40. The van der Waals surface area contributed by atoms with Gasteiger partial charge in [0, 0.05) is 0 Å². The lowest BCUT2D eigenvalue weighted by Crippen LogP contribution is -2.41. The van der Waals surface area contributed by atoms with Gasteiger partial charge in [-0.1, -0.05) is 0 Å². The maximum absolute atomic E-state index is 14.7. The summed E-state index contributed by atoms with van der Waals surface area (Å²) in [4.78, 5) is 0. The standard InChI is InChI=1S/C18H32O18P2S4/c1-14(37(19,33-15(2)6-29-39(21,22)10-15)34-16(3)7-30-40(23,24)11-16)38(20,35-17(4)8-31-41(25,26)12-17)36-18(5)9-32-42(27,28)13-18/h14H,6-13H2,1-5H3. The summed E-state index contributed by atoms with van der Waals surface area (Å²) in [6.45, 7) is 3.21. The highest BCUT2D eigenvalue weighted by Crippen LogP contribution is 2.74. The summed E-state index contributed by atoms with van der Waals surface area (Å²) in [5, 5.41) is -2.05. The fraction of sp³-hybridized carbons (Fsp3) is 1.00. The Morgan fingerprint density at radius 1 is 0.500 bits per heavy atom. The summed E-state index contributed by atoms with van der Waals surface area (Å²) >= 11 is 0. The highest BCUT2D eigenvalue weighted by atomic mass is 32.2.